The quantitative estimate of drug-likeness (QED) is 0.504. The first-order chi connectivity index (χ1) is 5.41. The van der Waals surface area contributed by atoms with E-state index in [1.807, 2.05) is 0 Å². The van der Waals surface area contributed by atoms with Gasteiger partial charge in [-0.15, -0.1) is 0 Å². The molecule has 0 N–H and O–H groups in total. The zero-order valence-electron chi connectivity index (χ0n) is 6.52. The molecular weight excluding hydrogens is 276 g/mol. The van der Waals surface area contributed by atoms with Gasteiger partial charge >= 0.3 is 0 Å². The summed E-state index contributed by atoms with van der Waals surface area (Å²) in [5, 5.41) is 1.82. The van der Waals surface area contributed by atoms with Gasteiger partial charge in [0.2, 0.25) is 0 Å². The second kappa shape index (κ2) is 10.9. The Kier molecular flexibility index (Phi) is 11.8. The molecule has 0 aromatic heterocycles. The summed E-state index contributed by atoms with van der Waals surface area (Å²) >= 11 is 6.56. The first-order valence-corrected chi connectivity index (χ1v) is 5.93. The molecule has 0 saturated carbocycles. The summed E-state index contributed by atoms with van der Waals surface area (Å²) in [6.45, 7) is 3.18. The van der Waals surface area contributed by atoms with Crippen molar-refractivity contribution in [3.05, 3.63) is 0 Å². The minimum Gasteiger partial charge on any atom is -0.380 e. The summed E-state index contributed by atoms with van der Waals surface area (Å²) in [5.74, 6) is 0. The Morgan fingerprint density at radius 3 is 1.55 bits per heavy atom. The third kappa shape index (κ3) is 10.9. The summed E-state index contributed by atoms with van der Waals surface area (Å²) in [6.07, 6.45) is 0.986. The van der Waals surface area contributed by atoms with Gasteiger partial charge < -0.3 is 9.47 Å². The summed E-state index contributed by atoms with van der Waals surface area (Å²) in [7, 11) is 0. The van der Waals surface area contributed by atoms with Crippen LogP contribution in [-0.4, -0.2) is 37.1 Å². The highest BCUT2D eigenvalue weighted by atomic mass is 79.9. The van der Waals surface area contributed by atoms with E-state index in [-0.39, 0.29) is 0 Å². The maximum Gasteiger partial charge on any atom is 0.0563 e. The first-order valence-electron chi connectivity index (χ1n) is 3.69. The fourth-order valence-electron chi connectivity index (χ4n) is 0.576. The van der Waals surface area contributed by atoms with E-state index in [0.29, 0.717) is 0 Å². The minimum absolute atomic E-state index is 0.790. The monoisotopic (exact) mass is 288 g/mol. The number of rotatable bonds is 8. The second-order valence-electron chi connectivity index (χ2n) is 1.96. The Hall–Kier alpha value is 0.880. The topological polar surface area (TPSA) is 18.5 Å². The van der Waals surface area contributed by atoms with Crippen LogP contribution in [-0.2, 0) is 9.47 Å². The van der Waals surface area contributed by atoms with Crippen LogP contribution in [0.3, 0.4) is 0 Å². The summed E-state index contributed by atoms with van der Waals surface area (Å²) < 4.78 is 10.4. The first kappa shape index (κ1) is 11.9. The normalized spacial score (nSPS) is 10.4. The van der Waals surface area contributed by atoms with Gasteiger partial charge in [-0.25, -0.2) is 0 Å². The van der Waals surface area contributed by atoms with Crippen molar-refractivity contribution in [3.8, 4) is 0 Å². The van der Waals surface area contributed by atoms with Gasteiger partial charge in [0.15, 0.2) is 0 Å². The van der Waals surface area contributed by atoms with Gasteiger partial charge in [0.1, 0.15) is 0 Å². The van der Waals surface area contributed by atoms with E-state index in [1.54, 1.807) is 0 Å². The molecule has 0 radical (unpaired) electrons. The Morgan fingerprint density at radius 1 is 0.727 bits per heavy atom. The van der Waals surface area contributed by atoms with Crippen molar-refractivity contribution < 1.29 is 9.47 Å². The number of halogens is 2. The van der Waals surface area contributed by atoms with Crippen molar-refractivity contribution in [1.29, 1.82) is 0 Å². The van der Waals surface area contributed by atoms with Gasteiger partial charge in [-0.1, -0.05) is 31.9 Å². The van der Waals surface area contributed by atoms with Crippen LogP contribution in [0.15, 0.2) is 0 Å². The van der Waals surface area contributed by atoms with Crippen molar-refractivity contribution in [2.24, 2.45) is 0 Å². The van der Waals surface area contributed by atoms with Crippen LogP contribution in [0.5, 0.6) is 0 Å². The van der Waals surface area contributed by atoms with Crippen molar-refractivity contribution in [2.45, 2.75) is 6.42 Å². The Bertz CT molecular complexity index is 63.5. The lowest BCUT2D eigenvalue weighted by molar-refractivity contribution is 0.0966. The molecule has 11 heavy (non-hydrogen) atoms. The molecule has 0 aliphatic heterocycles. The van der Waals surface area contributed by atoms with Crippen LogP contribution < -0.4 is 0 Å². The largest absolute Gasteiger partial charge is 0.380 e. The SMILES string of the molecule is BrCCOCCCOCCBr. The van der Waals surface area contributed by atoms with E-state index in [9.17, 15) is 0 Å². The molecule has 0 aromatic carbocycles. The van der Waals surface area contributed by atoms with E-state index >= 15 is 0 Å². The minimum atomic E-state index is 0.790. The summed E-state index contributed by atoms with van der Waals surface area (Å²) in [4.78, 5) is 0. The molecule has 0 heterocycles. The molecule has 0 aliphatic carbocycles. The van der Waals surface area contributed by atoms with E-state index in [0.717, 1.165) is 43.5 Å². The highest BCUT2D eigenvalue weighted by molar-refractivity contribution is 9.09. The van der Waals surface area contributed by atoms with E-state index < -0.39 is 0 Å². The molecule has 0 fully saturated rings. The lowest BCUT2D eigenvalue weighted by Gasteiger charge is -2.02. The van der Waals surface area contributed by atoms with Crippen LogP contribution >= 0.6 is 31.9 Å². The van der Waals surface area contributed by atoms with Crippen LogP contribution in [0, 0.1) is 0 Å². The van der Waals surface area contributed by atoms with Crippen LogP contribution in [0.2, 0.25) is 0 Å². The van der Waals surface area contributed by atoms with E-state index in [4.69, 9.17) is 9.47 Å². The van der Waals surface area contributed by atoms with Gasteiger partial charge in [-0.3, -0.25) is 0 Å². The average molecular weight is 290 g/mol. The molecule has 0 bridgehead atoms. The fourth-order valence-corrected chi connectivity index (χ4v) is 1.03. The molecule has 0 atom stereocenters. The molecule has 68 valence electrons. The molecule has 0 amide bonds. The zero-order chi connectivity index (χ0) is 8.36. The summed E-state index contributed by atoms with van der Waals surface area (Å²) in [6, 6.07) is 0. The predicted molar refractivity (Wildman–Crippen MR) is 53.8 cm³/mol. The van der Waals surface area contributed by atoms with Crippen LogP contribution in [0.25, 0.3) is 0 Å². The number of alkyl halides is 2. The van der Waals surface area contributed by atoms with Crippen molar-refractivity contribution in [1.82, 2.24) is 0 Å². The van der Waals surface area contributed by atoms with Gasteiger partial charge in [0, 0.05) is 23.9 Å². The zero-order valence-corrected chi connectivity index (χ0v) is 9.69. The molecule has 2 nitrogen and oxygen atoms in total. The van der Waals surface area contributed by atoms with E-state index in [2.05, 4.69) is 31.9 Å². The molecule has 0 rings (SSSR count). The molecule has 0 aromatic rings. The molecule has 4 heteroatoms. The molecule has 0 saturated heterocycles. The Labute approximate surface area is 84.9 Å². The van der Waals surface area contributed by atoms with Gasteiger partial charge in [0.25, 0.3) is 0 Å². The third-order valence-corrected chi connectivity index (χ3v) is 1.67. The third-order valence-electron chi connectivity index (χ3n) is 1.02. The Balaban J connectivity index is 2.69. The van der Waals surface area contributed by atoms with Gasteiger partial charge in [-0.05, 0) is 6.42 Å². The van der Waals surface area contributed by atoms with Crippen molar-refractivity contribution >= 4 is 31.9 Å². The lowest BCUT2D eigenvalue weighted by Crippen LogP contribution is -2.03. The summed E-state index contributed by atoms with van der Waals surface area (Å²) in [5.41, 5.74) is 0. The molecule has 0 aliphatic rings. The number of hydrogen-bond acceptors (Lipinski definition) is 2. The standard InChI is InChI=1S/C7H14Br2O2/c8-2-6-10-4-1-5-11-7-3-9/h1-7H2. The lowest BCUT2D eigenvalue weighted by atomic mass is 10.5. The smallest absolute Gasteiger partial charge is 0.0563 e. The maximum absolute atomic E-state index is 5.22. The molecular formula is C7H14Br2O2. The van der Waals surface area contributed by atoms with Crippen molar-refractivity contribution in [3.63, 3.8) is 0 Å². The fraction of sp³-hybridized carbons (Fsp3) is 1.00. The average Bonchev–Trinajstić information content (AvgIpc) is 2.03. The van der Waals surface area contributed by atoms with Gasteiger partial charge in [0.05, 0.1) is 13.2 Å². The van der Waals surface area contributed by atoms with Gasteiger partial charge in [-0.2, -0.15) is 0 Å². The second-order valence-corrected chi connectivity index (χ2v) is 3.54. The Morgan fingerprint density at radius 2 is 1.18 bits per heavy atom. The van der Waals surface area contributed by atoms with Crippen LogP contribution in [0.4, 0.5) is 0 Å². The molecule has 0 unspecified atom stereocenters. The van der Waals surface area contributed by atoms with Crippen LogP contribution in [0.1, 0.15) is 6.42 Å². The highest BCUT2D eigenvalue weighted by Gasteiger charge is 1.88. The number of ether oxygens (including phenoxy) is 2. The van der Waals surface area contributed by atoms with E-state index in [1.165, 1.54) is 0 Å². The maximum atomic E-state index is 5.22. The molecule has 0 spiro atoms. The number of hydrogen-bond donors (Lipinski definition) is 0. The predicted octanol–water partition coefficient (Wildman–Crippen LogP) is 2.20. The van der Waals surface area contributed by atoms with Crippen molar-refractivity contribution in [2.75, 3.05) is 37.1 Å². The highest BCUT2D eigenvalue weighted by Crippen LogP contribution is 1.88.